The van der Waals surface area contributed by atoms with E-state index in [1.54, 1.807) is 0 Å². The molecule has 2 rings (SSSR count). The highest BCUT2D eigenvalue weighted by Gasteiger charge is 2.19. The van der Waals surface area contributed by atoms with Crippen LogP contribution in [0.2, 0.25) is 0 Å². The predicted molar refractivity (Wildman–Crippen MR) is 75.0 cm³/mol. The molecular formula is C15H24N2O. The van der Waals surface area contributed by atoms with E-state index in [0.29, 0.717) is 6.54 Å². The van der Waals surface area contributed by atoms with Crippen molar-refractivity contribution in [3.8, 4) is 5.75 Å². The second kappa shape index (κ2) is 5.29. The molecule has 0 aromatic heterocycles. The molecule has 1 aliphatic heterocycles. The molecule has 100 valence electrons. The van der Waals surface area contributed by atoms with E-state index >= 15 is 0 Å². The van der Waals surface area contributed by atoms with E-state index in [-0.39, 0.29) is 5.41 Å². The first-order chi connectivity index (χ1) is 8.50. The summed E-state index contributed by atoms with van der Waals surface area (Å²) in [6, 6.07) is 6.57. The highest BCUT2D eigenvalue weighted by atomic mass is 16.5. The molecule has 18 heavy (non-hydrogen) atoms. The van der Waals surface area contributed by atoms with Crippen LogP contribution in [-0.2, 0) is 12.0 Å². The molecule has 0 saturated heterocycles. The molecule has 1 heterocycles. The summed E-state index contributed by atoms with van der Waals surface area (Å²) in [5.41, 5.74) is 8.47. The number of rotatable bonds is 2. The van der Waals surface area contributed by atoms with Gasteiger partial charge in [0.05, 0.1) is 0 Å². The first-order valence-electron chi connectivity index (χ1n) is 6.69. The summed E-state index contributed by atoms with van der Waals surface area (Å²) in [7, 11) is 0. The van der Waals surface area contributed by atoms with E-state index in [2.05, 4.69) is 43.9 Å². The number of nitrogens with zero attached hydrogens (tertiary/aromatic N) is 1. The molecule has 1 aromatic rings. The normalized spacial score (nSPS) is 16.9. The van der Waals surface area contributed by atoms with Crippen molar-refractivity contribution >= 4 is 0 Å². The van der Waals surface area contributed by atoms with E-state index in [0.717, 1.165) is 32.0 Å². The van der Waals surface area contributed by atoms with E-state index < -0.39 is 0 Å². The van der Waals surface area contributed by atoms with Crippen molar-refractivity contribution in [2.24, 2.45) is 5.73 Å². The zero-order valence-corrected chi connectivity index (χ0v) is 11.7. The van der Waals surface area contributed by atoms with Crippen molar-refractivity contribution in [1.29, 1.82) is 0 Å². The van der Waals surface area contributed by atoms with Gasteiger partial charge in [0.2, 0.25) is 0 Å². The third-order valence-electron chi connectivity index (χ3n) is 3.43. The number of hydrogen-bond acceptors (Lipinski definition) is 3. The Kier molecular flexibility index (Phi) is 3.93. The fourth-order valence-corrected chi connectivity index (χ4v) is 2.29. The van der Waals surface area contributed by atoms with E-state index in [9.17, 15) is 0 Å². The predicted octanol–water partition coefficient (Wildman–Crippen LogP) is 2.14. The van der Waals surface area contributed by atoms with Gasteiger partial charge in [-0.15, -0.1) is 0 Å². The molecule has 0 saturated carbocycles. The maximum Gasteiger partial charge on any atom is 0.123 e. The minimum atomic E-state index is 0.181. The third kappa shape index (κ3) is 3.03. The summed E-state index contributed by atoms with van der Waals surface area (Å²) in [6.45, 7) is 11.0. The Morgan fingerprint density at radius 3 is 2.78 bits per heavy atom. The highest BCUT2D eigenvalue weighted by molar-refractivity contribution is 5.40. The van der Waals surface area contributed by atoms with E-state index in [1.165, 1.54) is 11.1 Å². The summed E-state index contributed by atoms with van der Waals surface area (Å²) < 4.78 is 5.81. The van der Waals surface area contributed by atoms with Gasteiger partial charge in [-0.25, -0.2) is 0 Å². The third-order valence-corrected chi connectivity index (χ3v) is 3.43. The summed E-state index contributed by atoms with van der Waals surface area (Å²) in [4.78, 5) is 2.36. The summed E-state index contributed by atoms with van der Waals surface area (Å²) in [6.07, 6.45) is 0. The Morgan fingerprint density at radius 1 is 1.33 bits per heavy atom. The summed E-state index contributed by atoms with van der Waals surface area (Å²) in [5.74, 6) is 1.03. The van der Waals surface area contributed by atoms with Gasteiger partial charge < -0.3 is 10.5 Å². The van der Waals surface area contributed by atoms with Crippen LogP contribution in [0.4, 0.5) is 0 Å². The second-order valence-electron chi connectivity index (χ2n) is 5.99. The first-order valence-corrected chi connectivity index (χ1v) is 6.69. The highest BCUT2D eigenvalue weighted by Crippen LogP contribution is 2.29. The zero-order chi connectivity index (χ0) is 13.2. The topological polar surface area (TPSA) is 38.5 Å². The van der Waals surface area contributed by atoms with Crippen LogP contribution in [0, 0.1) is 0 Å². The molecule has 0 unspecified atom stereocenters. The zero-order valence-electron chi connectivity index (χ0n) is 11.7. The van der Waals surface area contributed by atoms with Crippen LogP contribution in [0.25, 0.3) is 0 Å². The molecule has 0 fully saturated rings. The Hall–Kier alpha value is -1.06. The lowest BCUT2D eigenvalue weighted by Crippen LogP contribution is -2.30. The van der Waals surface area contributed by atoms with Crippen molar-refractivity contribution in [3.05, 3.63) is 29.3 Å². The maximum absolute atomic E-state index is 5.81. The van der Waals surface area contributed by atoms with Gasteiger partial charge in [0.15, 0.2) is 0 Å². The van der Waals surface area contributed by atoms with Gasteiger partial charge in [-0.2, -0.15) is 0 Å². The second-order valence-corrected chi connectivity index (χ2v) is 5.99. The van der Waals surface area contributed by atoms with Crippen molar-refractivity contribution in [3.63, 3.8) is 0 Å². The number of benzene rings is 1. The Labute approximate surface area is 110 Å². The molecular weight excluding hydrogens is 224 g/mol. The molecule has 0 spiro atoms. The SMILES string of the molecule is CC(C)(C)c1ccc2c(c1)CN(CCN)CCO2. The molecule has 0 radical (unpaired) electrons. The number of hydrogen-bond donors (Lipinski definition) is 1. The first kappa shape index (κ1) is 13.4. The minimum absolute atomic E-state index is 0.181. The van der Waals surface area contributed by atoms with E-state index in [4.69, 9.17) is 10.5 Å². The molecule has 0 bridgehead atoms. The maximum atomic E-state index is 5.81. The largest absolute Gasteiger partial charge is 0.492 e. The van der Waals surface area contributed by atoms with Gasteiger partial charge in [-0.05, 0) is 17.0 Å². The molecule has 0 aliphatic carbocycles. The van der Waals surface area contributed by atoms with Crippen LogP contribution in [-0.4, -0.2) is 31.1 Å². The lowest BCUT2D eigenvalue weighted by atomic mass is 9.86. The van der Waals surface area contributed by atoms with Crippen molar-refractivity contribution in [2.75, 3.05) is 26.2 Å². The standard InChI is InChI=1S/C15H24N2O/c1-15(2,3)13-4-5-14-12(10-13)11-17(7-6-16)8-9-18-14/h4-5,10H,6-9,11,16H2,1-3H3. The van der Waals surface area contributed by atoms with Crippen molar-refractivity contribution in [2.45, 2.75) is 32.7 Å². The molecule has 1 aliphatic rings. The number of fused-ring (bicyclic) bond motifs is 1. The molecule has 1 aromatic carbocycles. The van der Waals surface area contributed by atoms with Gasteiger partial charge in [-0.1, -0.05) is 32.9 Å². The Bertz CT molecular complexity index is 409. The lowest BCUT2D eigenvalue weighted by Gasteiger charge is -2.22. The average Bonchev–Trinajstić information content (AvgIpc) is 2.49. The Balaban J connectivity index is 2.27. The van der Waals surface area contributed by atoms with Crippen LogP contribution in [0.1, 0.15) is 31.9 Å². The average molecular weight is 248 g/mol. The van der Waals surface area contributed by atoms with Gasteiger partial charge in [0.1, 0.15) is 12.4 Å². The van der Waals surface area contributed by atoms with Crippen LogP contribution >= 0.6 is 0 Å². The van der Waals surface area contributed by atoms with E-state index in [1.807, 2.05) is 0 Å². The van der Waals surface area contributed by atoms with Crippen LogP contribution in [0.15, 0.2) is 18.2 Å². The van der Waals surface area contributed by atoms with Gasteiger partial charge >= 0.3 is 0 Å². The molecule has 3 nitrogen and oxygen atoms in total. The fourth-order valence-electron chi connectivity index (χ4n) is 2.29. The van der Waals surface area contributed by atoms with Gasteiger partial charge in [-0.3, -0.25) is 4.90 Å². The van der Waals surface area contributed by atoms with Crippen LogP contribution < -0.4 is 10.5 Å². The molecule has 3 heteroatoms. The molecule has 2 N–H and O–H groups in total. The Morgan fingerprint density at radius 2 is 2.11 bits per heavy atom. The van der Waals surface area contributed by atoms with Gasteiger partial charge in [0, 0.05) is 31.7 Å². The monoisotopic (exact) mass is 248 g/mol. The quantitative estimate of drug-likeness (QED) is 0.871. The summed E-state index contributed by atoms with van der Waals surface area (Å²) in [5, 5.41) is 0. The van der Waals surface area contributed by atoms with Gasteiger partial charge in [0.25, 0.3) is 0 Å². The lowest BCUT2D eigenvalue weighted by molar-refractivity contribution is 0.230. The minimum Gasteiger partial charge on any atom is -0.492 e. The van der Waals surface area contributed by atoms with Crippen LogP contribution in [0.5, 0.6) is 5.75 Å². The molecule has 0 atom stereocenters. The summed E-state index contributed by atoms with van der Waals surface area (Å²) >= 11 is 0. The fraction of sp³-hybridized carbons (Fsp3) is 0.600. The molecule has 0 amide bonds. The number of ether oxygens (including phenoxy) is 1. The van der Waals surface area contributed by atoms with Crippen LogP contribution in [0.3, 0.4) is 0 Å². The van der Waals surface area contributed by atoms with Crippen molar-refractivity contribution in [1.82, 2.24) is 4.90 Å². The van der Waals surface area contributed by atoms with Crippen molar-refractivity contribution < 1.29 is 4.74 Å². The number of nitrogens with two attached hydrogens (primary N) is 1. The smallest absolute Gasteiger partial charge is 0.123 e.